The van der Waals surface area contributed by atoms with Crippen molar-refractivity contribution < 1.29 is 0 Å². The molecule has 1 aromatic heterocycles. The number of rotatable bonds is 14. The summed E-state index contributed by atoms with van der Waals surface area (Å²) in [5, 5.41) is 5.08. The van der Waals surface area contributed by atoms with Crippen molar-refractivity contribution in [2.24, 2.45) is 0 Å². The maximum absolute atomic E-state index is 2.36. The van der Waals surface area contributed by atoms with Gasteiger partial charge in [-0.05, 0) is 241 Å². The van der Waals surface area contributed by atoms with Crippen molar-refractivity contribution in [1.82, 2.24) is 4.57 Å². The zero-order valence-corrected chi connectivity index (χ0v) is 59.7. The Morgan fingerprint density at radius 2 is 0.490 bits per heavy atom. The summed E-state index contributed by atoms with van der Waals surface area (Å²) in [6, 6.07) is 139. The lowest BCUT2D eigenvalue weighted by Crippen LogP contribution is -2.10. The van der Waals surface area contributed by atoms with E-state index in [9.17, 15) is 0 Å². The number of nitrogens with zero attached hydrogens (tertiary/aromatic N) is 4. The van der Waals surface area contributed by atoms with Crippen LogP contribution in [0.25, 0.3) is 82.8 Å². The number of aryl methyl sites for hydroxylation is 6. The zero-order valence-electron chi connectivity index (χ0n) is 59.7. The molecule has 0 saturated carbocycles. The molecule has 0 N–H and O–H groups in total. The van der Waals surface area contributed by atoms with Crippen molar-refractivity contribution in [2.45, 2.75) is 41.5 Å². The van der Waals surface area contributed by atoms with Crippen molar-refractivity contribution in [1.29, 1.82) is 0 Å². The lowest BCUT2D eigenvalue weighted by Gasteiger charge is -2.27. The van der Waals surface area contributed by atoms with E-state index in [1.807, 2.05) is 0 Å². The first-order chi connectivity index (χ1) is 51.1. The van der Waals surface area contributed by atoms with E-state index >= 15 is 0 Å². The van der Waals surface area contributed by atoms with Crippen LogP contribution in [0.3, 0.4) is 0 Å². The van der Waals surface area contributed by atoms with E-state index in [1.54, 1.807) is 0 Å². The number of hydrogen-bond donors (Lipinski definition) is 0. The molecule has 0 amide bonds. The van der Waals surface area contributed by atoms with Gasteiger partial charge in [0.2, 0.25) is 0 Å². The fourth-order valence-electron chi connectivity index (χ4n) is 14.5. The van der Waals surface area contributed by atoms with Gasteiger partial charge in [0.25, 0.3) is 0 Å². The van der Waals surface area contributed by atoms with E-state index in [0.717, 1.165) is 45.5 Å². The highest BCUT2D eigenvalue weighted by molar-refractivity contribution is 6.09. The summed E-state index contributed by atoms with van der Waals surface area (Å²) in [7, 11) is 0. The normalized spacial score (nSPS) is 11.0. The third-order valence-electron chi connectivity index (χ3n) is 19.8. The van der Waals surface area contributed by atoms with Crippen LogP contribution in [0.2, 0.25) is 0 Å². The van der Waals surface area contributed by atoms with E-state index in [2.05, 4.69) is 449 Å². The second-order valence-electron chi connectivity index (χ2n) is 26.9. The molecule has 0 aliphatic heterocycles. The number of hydrogen-bond acceptors (Lipinski definition) is 3. The molecule has 0 fully saturated rings. The van der Waals surface area contributed by atoms with Gasteiger partial charge in [0.1, 0.15) is 0 Å². The summed E-state index contributed by atoms with van der Waals surface area (Å²) in [6.45, 7) is 13.1. The molecule has 0 bridgehead atoms. The molecule has 4 nitrogen and oxygen atoms in total. The lowest BCUT2D eigenvalue weighted by molar-refractivity contribution is 1.18. The summed E-state index contributed by atoms with van der Waals surface area (Å²) in [5.74, 6) is 0. The molecule has 17 aromatic rings. The molecule has 0 aliphatic rings. The van der Waals surface area contributed by atoms with Crippen LogP contribution in [0.1, 0.15) is 33.4 Å². The summed E-state index contributed by atoms with van der Waals surface area (Å²) in [4.78, 5) is 6.94. The Kier molecular flexibility index (Phi) is 19.6. The molecule has 0 atom stereocenters. The van der Waals surface area contributed by atoms with Crippen LogP contribution in [0.5, 0.6) is 0 Å². The molecule has 0 radical (unpaired) electrons. The van der Waals surface area contributed by atoms with E-state index in [4.69, 9.17) is 0 Å². The van der Waals surface area contributed by atoms with Crippen LogP contribution in [0, 0.1) is 41.5 Å². The number of benzene rings is 16. The van der Waals surface area contributed by atoms with Crippen LogP contribution in [-0.2, 0) is 0 Å². The summed E-state index contributed by atoms with van der Waals surface area (Å²) in [6.07, 6.45) is 0. The van der Waals surface area contributed by atoms with Gasteiger partial charge in [0, 0.05) is 67.3 Å². The number of aromatic nitrogens is 1. The Morgan fingerprint density at radius 3 is 0.875 bits per heavy atom. The Bertz CT molecular complexity index is 5460. The van der Waals surface area contributed by atoms with Gasteiger partial charge < -0.3 is 19.3 Å². The van der Waals surface area contributed by atoms with Crippen LogP contribution in [-0.4, -0.2) is 4.57 Å². The summed E-state index contributed by atoms with van der Waals surface area (Å²) >= 11 is 0. The number of para-hydroxylation sites is 7. The molecule has 0 saturated heterocycles. The second-order valence-corrected chi connectivity index (χ2v) is 26.9. The van der Waals surface area contributed by atoms with Crippen LogP contribution in [0.4, 0.5) is 51.2 Å². The van der Waals surface area contributed by atoms with Gasteiger partial charge in [-0.15, -0.1) is 0 Å². The van der Waals surface area contributed by atoms with Crippen LogP contribution in [0.15, 0.2) is 388 Å². The topological polar surface area (TPSA) is 14.7 Å². The van der Waals surface area contributed by atoms with Gasteiger partial charge in [-0.3, -0.25) is 0 Å². The average Bonchev–Trinajstić information content (AvgIpc) is 1.45. The van der Waals surface area contributed by atoms with E-state index in [-0.39, 0.29) is 0 Å². The summed E-state index contributed by atoms with van der Waals surface area (Å²) < 4.78 is 2.36. The molecule has 502 valence electrons. The molecular weight excluding hydrogens is 1260 g/mol. The predicted octanol–water partition coefficient (Wildman–Crippen LogP) is 28.2. The highest BCUT2D eigenvalue weighted by Crippen LogP contribution is 2.43. The lowest BCUT2D eigenvalue weighted by atomic mass is 9.91. The largest absolute Gasteiger partial charge is 0.311 e. The molecule has 104 heavy (non-hydrogen) atoms. The van der Waals surface area contributed by atoms with Crippen molar-refractivity contribution in [3.05, 3.63) is 422 Å². The molecule has 16 aromatic carbocycles. The summed E-state index contributed by atoms with van der Waals surface area (Å²) in [5.41, 5.74) is 31.8. The Hall–Kier alpha value is -13.0. The molecule has 4 heteroatoms. The highest BCUT2D eigenvalue weighted by Gasteiger charge is 2.19. The minimum Gasteiger partial charge on any atom is -0.311 e. The first-order valence-electron chi connectivity index (χ1n) is 35.9. The SMILES string of the molecule is Cc1cc(-c2ccc(N(c3ccccc3)c3ccccc3)cc2)c(C)cc1-c1ccc(N(c2ccccc2)c2ccccc2)cc1.Cc1ccc(C)c(-c2ccc(-n3c4ccccc4c4ccccc43)cc2)c1.Cc1ccc(C)c(-c2ccc(N(c3ccccc3)c3cccc4ccccc34)cc2)c1. The van der Waals surface area contributed by atoms with Crippen molar-refractivity contribution in [3.63, 3.8) is 0 Å². The fourth-order valence-corrected chi connectivity index (χ4v) is 14.5. The van der Waals surface area contributed by atoms with Crippen molar-refractivity contribution >= 4 is 83.8 Å². The van der Waals surface area contributed by atoms with Crippen LogP contribution >= 0.6 is 0 Å². The maximum atomic E-state index is 2.36. The van der Waals surface area contributed by atoms with Gasteiger partial charge in [-0.1, -0.05) is 272 Å². The third-order valence-corrected chi connectivity index (χ3v) is 19.8. The standard InChI is InChI=1S/C44H36N2.C30H25N.C26H21N/c1-33-31-44(36-25-29-42(30-26-36)46(39-19-11-5-12-20-39)40-21-13-6-14-22-40)34(2)32-43(33)35-23-27-41(28-24-35)45(37-15-7-3-8-16-37)38-17-9-4-10-18-38;1-22-15-16-23(2)29(21-22)25-17-19-27(20-18-25)31(26-11-4-3-5-12-26)30-14-8-10-24-9-6-7-13-28(24)30;1-18-11-12-19(2)24(17-18)20-13-15-21(16-14-20)27-25-9-5-3-7-22(25)23-8-4-6-10-26(23)27/h3-32H,1-2H3;3-21H,1-2H3;3-17H,1-2H3. The minimum absolute atomic E-state index is 1.13. The highest BCUT2D eigenvalue weighted by atomic mass is 15.2. The quantitative estimate of drug-likeness (QED) is 0.108. The number of fused-ring (bicyclic) bond motifs is 4. The van der Waals surface area contributed by atoms with Crippen molar-refractivity contribution in [2.75, 3.05) is 14.7 Å². The monoisotopic (exact) mass is 1340 g/mol. The van der Waals surface area contributed by atoms with Gasteiger partial charge in [0.15, 0.2) is 0 Å². The molecular formula is C100H82N4. The molecule has 17 rings (SSSR count). The van der Waals surface area contributed by atoms with E-state index in [1.165, 1.54) is 122 Å². The van der Waals surface area contributed by atoms with Gasteiger partial charge >= 0.3 is 0 Å². The molecule has 0 aliphatic carbocycles. The zero-order chi connectivity index (χ0) is 70.9. The average molecular weight is 1340 g/mol. The molecule has 0 spiro atoms. The molecule has 1 heterocycles. The maximum Gasteiger partial charge on any atom is 0.0541 e. The first-order valence-corrected chi connectivity index (χ1v) is 35.9. The predicted molar refractivity (Wildman–Crippen MR) is 445 cm³/mol. The number of anilines is 9. The van der Waals surface area contributed by atoms with E-state index in [0.29, 0.717) is 0 Å². The van der Waals surface area contributed by atoms with Gasteiger partial charge in [0.05, 0.1) is 16.7 Å². The molecule has 0 unspecified atom stereocenters. The Morgan fingerprint density at radius 1 is 0.202 bits per heavy atom. The fraction of sp³-hybridized carbons (Fsp3) is 0.0600. The minimum atomic E-state index is 1.13. The second kappa shape index (κ2) is 30.4. The Balaban J connectivity index is 0.000000131. The van der Waals surface area contributed by atoms with E-state index < -0.39 is 0 Å². The van der Waals surface area contributed by atoms with Gasteiger partial charge in [-0.2, -0.15) is 0 Å². The first kappa shape index (κ1) is 66.8. The van der Waals surface area contributed by atoms with Gasteiger partial charge in [-0.25, -0.2) is 0 Å². The Labute approximate surface area is 612 Å². The third kappa shape index (κ3) is 14.2. The smallest absolute Gasteiger partial charge is 0.0541 e. The van der Waals surface area contributed by atoms with Crippen molar-refractivity contribution in [3.8, 4) is 50.2 Å². The van der Waals surface area contributed by atoms with Crippen LogP contribution < -0.4 is 14.7 Å².